The highest BCUT2D eigenvalue weighted by Crippen LogP contribution is 2.23. The molecule has 1 aromatic carbocycles. The minimum Gasteiger partial charge on any atom is -0.496 e. The predicted molar refractivity (Wildman–Crippen MR) is 70.4 cm³/mol. The molecular weight excluding hydrogens is 212 g/mol. The Bertz CT molecular complexity index is 372. The summed E-state index contributed by atoms with van der Waals surface area (Å²) in [5.41, 5.74) is 2.71. The van der Waals surface area contributed by atoms with E-state index < -0.39 is 0 Å². The average molecular weight is 234 g/mol. The zero-order chi connectivity index (χ0) is 12.3. The highest BCUT2D eigenvalue weighted by atomic mass is 16.5. The molecule has 0 unspecified atom stereocenters. The largest absolute Gasteiger partial charge is 0.496 e. The van der Waals surface area contributed by atoms with Gasteiger partial charge in [0.1, 0.15) is 5.75 Å². The summed E-state index contributed by atoms with van der Waals surface area (Å²) in [6.45, 7) is 3.25. The van der Waals surface area contributed by atoms with Crippen LogP contribution in [0.25, 0.3) is 0 Å². The zero-order valence-corrected chi connectivity index (χ0v) is 11.0. The summed E-state index contributed by atoms with van der Waals surface area (Å²) in [4.78, 5) is 2.17. The van der Waals surface area contributed by atoms with Crippen molar-refractivity contribution in [3.63, 3.8) is 0 Å². The Hall–Kier alpha value is -1.06. The van der Waals surface area contributed by atoms with Gasteiger partial charge in [-0.2, -0.15) is 0 Å². The monoisotopic (exact) mass is 234 g/mol. The molecule has 94 valence electrons. The number of hydrogen-bond acceptors (Lipinski definition) is 3. The molecule has 0 aromatic heterocycles. The summed E-state index contributed by atoms with van der Waals surface area (Å²) in [5, 5.41) is 3.32. The second-order valence-electron chi connectivity index (χ2n) is 5.11. The fourth-order valence-electron chi connectivity index (χ4n) is 2.25. The van der Waals surface area contributed by atoms with Gasteiger partial charge in [0.2, 0.25) is 0 Å². The van der Waals surface area contributed by atoms with E-state index >= 15 is 0 Å². The maximum absolute atomic E-state index is 5.41. The number of benzene rings is 1. The Kier molecular flexibility index (Phi) is 4.02. The molecule has 3 heteroatoms. The van der Waals surface area contributed by atoms with Gasteiger partial charge in [-0.25, -0.2) is 0 Å². The predicted octanol–water partition coefficient (Wildman–Crippen LogP) is 1.52. The van der Waals surface area contributed by atoms with Crippen LogP contribution >= 0.6 is 0 Å². The van der Waals surface area contributed by atoms with Crippen molar-refractivity contribution in [2.24, 2.45) is 5.92 Å². The smallest absolute Gasteiger partial charge is 0.123 e. The molecule has 1 heterocycles. The van der Waals surface area contributed by atoms with Crippen molar-refractivity contribution >= 4 is 0 Å². The van der Waals surface area contributed by atoms with E-state index in [4.69, 9.17) is 4.74 Å². The summed E-state index contributed by atoms with van der Waals surface area (Å²) < 4.78 is 5.41. The fourth-order valence-corrected chi connectivity index (χ4v) is 2.25. The van der Waals surface area contributed by atoms with Gasteiger partial charge in [0.15, 0.2) is 0 Å². The van der Waals surface area contributed by atoms with E-state index in [1.54, 1.807) is 7.11 Å². The summed E-state index contributed by atoms with van der Waals surface area (Å²) in [7, 11) is 5.91. The molecule has 0 atom stereocenters. The number of ether oxygens (including phenoxy) is 1. The molecule has 1 saturated heterocycles. The van der Waals surface area contributed by atoms with E-state index in [9.17, 15) is 0 Å². The molecule has 3 nitrogen and oxygen atoms in total. The molecule has 1 aliphatic heterocycles. The Morgan fingerprint density at radius 1 is 1.35 bits per heavy atom. The van der Waals surface area contributed by atoms with E-state index in [1.165, 1.54) is 17.5 Å². The molecule has 0 spiro atoms. The standard InChI is InChI=1S/C14H22N2O/c1-16(2)10-13-7-11(4-5-14(13)17-3)6-12-8-15-9-12/h4-5,7,12,15H,6,8-10H2,1-3H3. The topological polar surface area (TPSA) is 24.5 Å². The molecule has 0 bridgehead atoms. The summed E-state index contributed by atoms with van der Waals surface area (Å²) in [6.07, 6.45) is 1.18. The van der Waals surface area contributed by atoms with Gasteiger partial charge in [0.05, 0.1) is 7.11 Å². The van der Waals surface area contributed by atoms with E-state index in [2.05, 4.69) is 42.5 Å². The molecule has 1 N–H and O–H groups in total. The maximum atomic E-state index is 5.41. The Labute approximate surface area is 104 Å². The number of hydrogen-bond donors (Lipinski definition) is 1. The molecule has 2 rings (SSSR count). The number of rotatable bonds is 5. The SMILES string of the molecule is COc1ccc(CC2CNC2)cc1CN(C)C. The van der Waals surface area contributed by atoms with E-state index in [0.29, 0.717) is 0 Å². The Morgan fingerprint density at radius 2 is 2.12 bits per heavy atom. The zero-order valence-electron chi connectivity index (χ0n) is 11.0. The van der Waals surface area contributed by atoms with Crippen LogP contribution in [0, 0.1) is 5.92 Å². The van der Waals surface area contributed by atoms with Crippen LogP contribution in [0.4, 0.5) is 0 Å². The van der Waals surface area contributed by atoms with E-state index in [-0.39, 0.29) is 0 Å². The maximum Gasteiger partial charge on any atom is 0.123 e. The Balaban J connectivity index is 2.11. The molecule has 1 aromatic rings. The molecule has 17 heavy (non-hydrogen) atoms. The van der Waals surface area contributed by atoms with Crippen LogP contribution in [0.5, 0.6) is 5.75 Å². The van der Waals surface area contributed by atoms with Gasteiger partial charge in [-0.05, 0) is 51.2 Å². The highest BCUT2D eigenvalue weighted by Gasteiger charge is 2.17. The first-order valence-electron chi connectivity index (χ1n) is 6.20. The van der Waals surface area contributed by atoms with Gasteiger partial charge in [-0.3, -0.25) is 0 Å². The molecule has 0 aliphatic carbocycles. The quantitative estimate of drug-likeness (QED) is 0.836. The van der Waals surface area contributed by atoms with Crippen molar-refractivity contribution in [2.45, 2.75) is 13.0 Å². The lowest BCUT2D eigenvalue weighted by molar-refractivity contribution is 0.345. The molecule has 0 saturated carbocycles. The second kappa shape index (κ2) is 5.52. The summed E-state index contributed by atoms with van der Waals surface area (Å²) in [5.74, 6) is 1.81. The lowest BCUT2D eigenvalue weighted by atomic mass is 9.93. The van der Waals surface area contributed by atoms with Gasteiger partial charge in [0, 0.05) is 12.1 Å². The number of nitrogens with one attached hydrogen (secondary N) is 1. The first kappa shape index (κ1) is 12.4. The van der Waals surface area contributed by atoms with Crippen LogP contribution < -0.4 is 10.1 Å². The van der Waals surface area contributed by atoms with Crippen LogP contribution in [0.3, 0.4) is 0 Å². The van der Waals surface area contributed by atoms with Crippen molar-refractivity contribution in [3.05, 3.63) is 29.3 Å². The third-order valence-electron chi connectivity index (χ3n) is 3.22. The third kappa shape index (κ3) is 3.20. The van der Waals surface area contributed by atoms with Crippen molar-refractivity contribution in [1.82, 2.24) is 10.2 Å². The van der Waals surface area contributed by atoms with Gasteiger partial charge in [-0.1, -0.05) is 12.1 Å². The molecule has 0 radical (unpaired) electrons. The Morgan fingerprint density at radius 3 is 2.65 bits per heavy atom. The minimum atomic E-state index is 0.815. The van der Waals surface area contributed by atoms with E-state index in [0.717, 1.165) is 31.3 Å². The first-order chi connectivity index (χ1) is 8.19. The van der Waals surface area contributed by atoms with Gasteiger partial charge >= 0.3 is 0 Å². The van der Waals surface area contributed by atoms with Crippen molar-refractivity contribution in [3.8, 4) is 5.75 Å². The third-order valence-corrected chi connectivity index (χ3v) is 3.22. The minimum absolute atomic E-state index is 0.815. The molecular formula is C14H22N2O. The first-order valence-corrected chi connectivity index (χ1v) is 6.20. The lowest BCUT2D eigenvalue weighted by Gasteiger charge is -2.27. The summed E-state index contributed by atoms with van der Waals surface area (Å²) in [6, 6.07) is 6.58. The van der Waals surface area contributed by atoms with Gasteiger partial charge in [-0.15, -0.1) is 0 Å². The van der Waals surface area contributed by atoms with Gasteiger partial charge in [0.25, 0.3) is 0 Å². The van der Waals surface area contributed by atoms with Crippen molar-refractivity contribution in [2.75, 3.05) is 34.3 Å². The van der Waals surface area contributed by atoms with Crippen molar-refractivity contribution < 1.29 is 4.74 Å². The lowest BCUT2D eigenvalue weighted by Crippen LogP contribution is -2.43. The number of nitrogens with zero attached hydrogens (tertiary/aromatic N) is 1. The highest BCUT2D eigenvalue weighted by molar-refractivity contribution is 5.37. The normalized spacial score (nSPS) is 16.0. The van der Waals surface area contributed by atoms with Gasteiger partial charge < -0.3 is 15.0 Å². The van der Waals surface area contributed by atoms with Crippen LogP contribution in [-0.4, -0.2) is 39.2 Å². The summed E-state index contributed by atoms with van der Waals surface area (Å²) >= 11 is 0. The second-order valence-corrected chi connectivity index (χ2v) is 5.11. The van der Waals surface area contributed by atoms with Crippen molar-refractivity contribution in [1.29, 1.82) is 0 Å². The van der Waals surface area contributed by atoms with Crippen LogP contribution in [0.15, 0.2) is 18.2 Å². The fraction of sp³-hybridized carbons (Fsp3) is 0.571. The molecule has 0 amide bonds. The number of methoxy groups -OCH3 is 1. The van der Waals surface area contributed by atoms with Crippen LogP contribution in [-0.2, 0) is 13.0 Å². The van der Waals surface area contributed by atoms with E-state index in [1.807, 2.05) is 0 Å². The average Bonchev–Trinajstić information content (AvgIpc) is 2.23. The van der Waals surface area contributed by atoms with Crippen LogP contribution in [0.2, 0.25) is 0 Å². The van der Waals surface area contributed by atoms with Crippen LogP contribution in [0.1, 0.15) is 11.1 Å². The molecule has 1 aliphatic rings. The molecule has 1 fully saturated rings.